The fourth-order valence-corrected chi connectivity index (χ4v) is 4.13. The first-order valence-electron chi connectivity index (χ1n) is 8.87. The zero-order valence-corrected chi connectivity index (χ0v) is 15.8. The summed E-state index contributed by atoms with van der Waals surface area (Å²) >= 11 is 0. The van der Waals surface area contributed by atoms with Crippen molar-refractivity contribution in [3.63, 3.8) is 0 Å². The van der Waals surface area contributed by atoms with Crippen molar-refractivity contribution in [1.82, 2.24) is 0 Å². The normalized spacial score (nSPS) is 17.2. The van der Waals surface area contributed by atoms with Gasteiger partial charge in [-0.25, -0.2) is 0 Å². The zero-order valence-electron chi connectivity index (χ0n) is 15.8. The van der Waals surface area contributed by atoms with Gasteiger partial charge < -0.3 is 0 Å². The predicted molar refractivity (Wildman–Crippen MR) is 105 cm³/mol. The van der Waals surface area contributed by atoms with Gasteiger partial charge in [0.15, 0.2) is 0 Å². The second-order valence-corrected chi connectivity index (χ2v) is 7.57. The molecule has 0 spiro atoms. The maximum absolute atomic E-state index is 2.39. The molecule has 0 bridgehead atoms. The van der Waals surface area contributed by atoms with E-state index >= 15 is 0 Å². The lowest BCUT2D eigenvalue weighted by atomic mass is 9.77. The maximum Gasteiger partial charge on any atom is 0.0190 e. The lowest BCUT2D eigenvalue weighted by Crippen LogP contribution is -2.14. The summed E-state index contributed by atoms with van der Waals surface area (Å²) < 4.78 is 0. The van der Waals surface area contributed by atoms with Crippen LogP contribution in [0.5, 0.6) is 0 Å². The molecule has 0 nitrogen and oxygen atoms in total. The highest BCUT2D eigenvalue weighted by atomic mass is 14.3. The molecule has 0 radical (unpaired) electrons. The first-order chi connectivity index (χ1) is 11.3. The molecule has 0 saturated heterocycles. The third-order valence-corrected chi connectivity index (χ3v) is 5.24. The third kappa shape index (κ3) is 3.24. The van der Waals surface area contributed by atoms with Gasteiger partial charge in [-0.15, -0.1) is 0 Å². The van der Waals surface area contributed by atoms with E-state index in [0.717, 1.165) is 0 Å². The van der Waals surface area contributed by atoms with Crippen molar-refractivity contribution in [2.45, 2.75) is 47.5 Å². The van der Waals surface area contributed by atoms with Crippen LogP contribution >= 0.6 is 0 Å². The van der Waals surface area contributed by atoms with Crippen molar-refractivity contribution >= 4 is 0 Å². The Hall–Kier alpha value is -2.08. The highest BCUT2D eigenvalue weighted by Gasteiger charge is 2.28. The minimum atomic E-state index is 0.385. The van der Waals surface area contributed by atoms with E-state index in [1.807, 2.05) is 0 Å². The van der Waals surface area contributed by atoms with E-state index in [9.17, 15) is 0 Å². The topological polar surface area (TPSA) is 0 Å². The van der Waals surface area contributed by atoms with Gasteiger partial charge in [-0.05, 0) is 52.7 Å². The van der Waals surface area contributed by atoms with Gasteiger partial charge in [0, 0.05) is 11.8 Å². The van der Waals surface area contributed by atoms with E-state index in [-0.39, 0.29) is 0 Å². The fraction of sp³-hybridized carbons (Fsp3) is 0.333. The molecule has 0 heteroatoms. The molecule has 0 fully saturated rings. The van der Waals surface area contributed by atoms with Crippen molar-refractivity contribution < 1.29 is 0 Å². The quantitative estimate of drug-likeness (QED) is 0.600. The number of rotatable bonds is 3. The SMILES string of the molecule is CC1=C(C)C(C(c2cc(C)cc(C)c2)c2cc(C)cc(C)c2)C=C1. The first kappa shape index (κ1) is 16.8. The molecule has 1 atom stereocenters. The summed E-state index contributed by atoms with van der Waals surface area (Å²) in [4.78, 5) is 0. The summed E-state index contributed by atoms with van der Waals surface area (Å²) in [5.74, 6) is 0.836. The molecule has 124 valence electrons. The van der Waals surface area contributed by atoms with Gasteiger partial charge in [0.1, 0.15) is 0 Å². The van der Waals surface area contributed by atoms with E-state index < -0.39 is 0 Å². The minimum absolute atomic E-state index is 0.385. The Bertz CT molecular complexity index is 741. The second kappa shape index (κ2) is 6.43. The van der Waals surface area contributed by atoms with Crippen LogP contribution in [0.2, 0.25) is 0 Å². The van der Waals surface area contributed by atoms with Crippen molar-refractivity contribution in [3.05, 3.63) is 93.1 Å². The number of hydrogen-bond acceptors (Lipinski definition) is 0. The number of allylic oxidation sites excluding steroid dienone is 4. The van der Waals surface area contributed by atoms with Gasteiger partial charge in [0.25, 0.3) is 0 Å². The predicted octanol–water partition coefficient (Wildman–Crippen LogP) is 6.57. The molecule has 0 saturated carbocycles. The molecule has 2 aromatic carbocycles. The Balaban J connectivity index is 2.19. The molecule has 24 heavy (non-hydrogen) atoms. The van der Waals surface area contributed by atoms with Gasteiger partial charge in [-0.1, -0.05) is 82.0 Å². The van der Waals surface area contributed by atoms with E-state index in [4.69, 9.17) is 0 Å². The average molecular weight is 316 g/mol. The van der Waals surface area contributed by atoms with Crippen LogP contribution < -0.4 is 0 Å². The molecule has 3 rings (SSSR count). The Kier molecular flexibility index (Phi) is 4.49. The Labute approximate surface area is 146 Å². The standard InChI is InChI=1S/C24H28/c1-15-9-16(2)12-21(11-15)24(23-8-7-19(5)20(23)6)22-13-17(3)10-18(4)14-22/h7-14,23-24H,1-6H3. The molecular weight excluding hydrogens is 288 g/mol. The van der Waals surface area contributed by atoms with Crippen LogP contribution in [-0.2, 0) is 0 Å². The number of benzene rings is 2. The summed E-state index contributed by atoms with van der Waals surface area (Å²) in [5.41, 5.74) is 11.2. The van der Waals surface area contributed by atoms with Gasteiger partial charge in [-0.3, -0.25) is 0 Å². The molecule has 2 aromatic rings. The fourth-order valence-electron chi connectivity index (χ4n) is 4.13. The summed E-state index contributed by atoms with van der Waals surface area (Å²) in [5, 5.41) is 0. The summed E-state index contributed by atoms with van der Waals surface area (Å²) in [6.07, 6.45) is 4.68. The highest BCUT2D eigenvalue weighted by Crippen LogP contribution is 2.42. The molecule has 0 N–H and O–H groups in total. The highest BCUT2D eigenvalue weighted by molar-refractivity contribution is 5.47. The molecule has 0 amide bonds. The van der Waals surface area contributed by atoms with Crippen molar-refractivity contribution in [1.29, 1.82) is 0 Å². The van der Waals surface area contributed by atoms with Crippen molar-refractivity contribution in [3.8, 4) is 0 Å². The summed E-state index contributed by atoms with van der Waals surface area (Å²) in [7, 11) is 0. The smallest absolute Gasteiger partial charge is 0.0190 e. The van der Waals surface area contributed by atoms with Crippen LogP contribution in [0.1, 0.15) is 53.1 Å². The Morgan fingerprint density at radius 3 is 1.38 bits per heavy atom. The van der Waals surface area contributed by atoms with Crippen LogP contribution in [0.25, 0.3) is 0 Å². The largest absolute Gasteiger partial charge is 0.0761 e. The van der Waals surface area contributed by atoms with E-state index in [1.54, 1.807) is 0 Å². The van der Waals surface area contributed by atoms with Gasteiger partial charge >= 0.3 is 0 Å². The zero-order chi connectivity index (χ0) is 17.4. The maximum atomic E-state index is 2.39. The molecular formula is C24H28. The van der Waals surface area contributed by atoms with Crippen molar-refractivity contribution in [2.24, 2.45) is 5.92 Å². The molecule has 0 heterocycles. The molecule has 1 aliphatic carbocycles. The number of aryl methyl sites for hydroxylation is 4. The van der Waals surface area contributed by atoms with Gasteiger partial charge in [0.05, 0.1) is 0 Å². The lowest BCUT2D eigenvalue weighted by molar-refractivity contribution is 0.654. The molecule has 1 aliphatic rings. The van der Waals surface area contributed by atoms with Gasteiger partial charge in [-0.2, -0.15) is 0 Å². The van der Waals surface area contributed by atoms with Crippen molar-refractivity contribution in [2.75, 3.05) is 0 Å². The summed E-state index contributed by atoms with van der Waals surface area (Å²) in [6.45, 7) is 13.3. The monoisotopic (exact) mass is 316 g/mol. The van der Waals surface area contributed by atoms with Crippen LogP contribution in [-0.4, -0.2) is 0 Å². The van der Waals surface area contributed by atoms with Crippen LogP contribution in [0.4, 0.5) is 0 Å². The molecule has 0 aromatic heterocycles. The molecule has 0 aliphatic heterocycles. The van der Waals surface area contributed by atoms with E-state index in [2.05, 4.69) is 90.1 Å². The van der Waals surface area contributed by atoms with Gasteiger partial charge in [0.2, 0.25) is 0 Å². The van der Waals surface area contributed by atoms with Crippen LogP contribution in [0.3, 0.4) is 0 Å². The second-order valence-electron chi connectivity index (χ2n) is 7.57. The Morgan fingerprint density at radius 2 is 1.04 bits per heavy atom. The van der Waals surface area contributed by atoms with Crippen LogP contribution in [0, 0.1) is 33.6 Å². The Morgan fingerprint density at radius 1 is 0.625 bits per heavy atom. The molecule has 1 unspecified atom stereocenters. The lowest BCUT2D eigenvalue weighted by Gasteiger charge is -2.27. The minimum Gasteiger partial charge on any atom is -0.0761 e. The first-order valence-corrected chi connectivity index (χ1v) is 8.87. The van der Waals surface area contributed by atoms with E-state index in [1.165, 1.54) is 44.5 Å². The summed E-state index contributed by atoms with van der Waals surface area (Å²) in [6, 6.07) is 14.0. The average Bonchev–Trinajstić information content (AvgIpc) is 2.78. The number of hydrogen-bond donors (Lipinski definition) is 0. The third-order valence-electron chi connectivity index (χ3n) is 5.24. The van der Waals surface area contributed by atoms with E-state index in [0.29, 0.717) is 11.8 Å². The van der Waals surface area contributed by atoms with Crippen LogP contribution in [0.15, 0.2) is 59.7 Å².